The zero-order valence-corrected chi connectivity index (χ0v) is 66.3. The van der Waals surface area contributed by atoms with Crippen LogP contribution < -0.4 is 0 Å². The Morgan fingerprint density at radius 1 is 0.361 bits per heavy atom. The first kappa shape index (κ1) is 74.7. The van der Waals surface area contributed by atoms with Crippen molar-refractivity contribution in [3.63, 3.8) is 0 Å². The summed E-state index contributed by atoms with van der Waals surface area (Å²) in [6.07, 6.45) is 16.0. The van der Waals surface area contributed by atoms with Crippen molar-refractivity contribution in [2.45, 2.75) is 97.7 Å². The summed E-state index contributed by atoms with van der Waals surface area (Å²) in [6.45, 7) is 18.0. The number of nitrogens with zero attached hydrogens (tertiary/aromatic N) is 7. The minimum absolute atomic E-state index is 0.242. The quantitative estimate of drug-likeness (QED) is 0.112. The summed E-state index contributed by atoms with van der Waals surface area (Å²) >= 11 is 10.0. The van der Waals surface area contributed by atoms with Crippen LogP contribution in [0.5, 0.6) is 0 Å². The molecule has 0 amide bonds. The third-order valence-corrected chi connectivity index (χ3v) is 21.7. The van der Waals surface area contributed by atoms with Crippen LogP contribution in [0.25, 0.3) is 105 Å². The number of halogens is 3. The molecule has 2 saturated heterocycles. The number of aromatic nitrogens is 7. The highest BCUT2D eigenvalue weighted by molar-refractivity contribution is 9.11. The van der Waals surface area contributed by atoms with Crippen LogP contribution in [0.2, 0.25) is 0 Å². The van der Waals surface area contributed by atoms with Gasteiger partial charge in [0.15, 0.2) is 0 Å². The van der Waals surface area contributed by atoms with E-state index in [0.717, 1.165) is 53.6 Å². The van der Waals surface area contributed by atoms with Crippen molar-refractivity contribution in [3.8, 4) is 39.3 Å². The van der Waals surface area contributed by atoms with E-state index in [1.54, 1.807) is 18.6 Å². The van der Waals surface area contributed by atoms with Gasteiger partial charge in [-0.3, -0.25) is 24.7 Å². The molecule has 18 heteroatoms. The van der Waals surface area contributed by atoms with Gasteiger partial charge in [0.25, 0.3) is 0 Å². The molecular weight excluding hydrogens is 1540 g/mol. The molecule has 1 aliphatic carbocycles. The van der Waals surface area contributed by atoms with Gasteiger partial charge in [-0.1, -0.05) is 188 Å². The molecule has 0 atom stereocenters. The lowest BCUT2D eigenvalue weighted by atomic mass is 9.49. The molecule has 0 spiro atoms. The SMILES string of the molecule is Brc1cncc(-n2c3ccccc3c3ccccc32)c1.Brc1cncc(Br)c1.CC(=O)OCc1ccccc1.CC1(C)OB(B2OC(C)(C)C(C)(C)O2)OC1(C)C.c1ccc2c(c1)Cc1ccccc1-2.c1ccc2c(c1)c1ccccc1n2-c1cncc(-c2cncc(-n3c4ccccc4c4ccccc43)c2)c1. The summed E-state index contributed by atoms with van der Waals surface area (Å²) < 4.78 is 38.5. The van der Waals surface area contributed by atoms with Gasteiger partial charge in [0.2, 0.25) is 0 Å². The molecule has 13 nitrogen and oxygen atoms in total. The maximum atomic E-state index is 10.4. The number of esters is 1. The van der Waals surface area contributed by atoms with Crippen molar-refractivity contribution >= 4 is 133 Å². The van der Waals surface area contributed by atoms with Crippen molar-refractivity contribution in [1.82, 2.24) is 33.6 Å². The van der Waals surface area contributed by atoms with Crippen molar-refractivity contribution in [2.24, 2.45) is 0 Å². The van der Waals surface area contributed by atoms with Gasteiger partial charge >= 0.3 is 20.0 Å². The number of para-hydroxylation sites is 6. The molecule has 0 bridgehead atoms. The van der Waals surface area contributed by atoms with Crippen molar-refractivity contribution in [1.29, 1.82) is 0 Å². The third kappa shape index (κ3) is 15.9. The molecule has 0 N–H and O–H groups in total. The molecule has 0 radical (unpaired) electrons. The number of ether oxygens (including phenoxy) is 1. The topological polar surface area (TPSA) is 130 Å². The monoisotopic (exact) mass is 1610 g/mol. The second-order valence-corrected chi connectivity index (χ2v) is 31.4. The number of fused-ring (bicyclic) bond motifs is 12. The van der Waals surface area contributed by atoms with Crippen LogP contribution in [0.4, 0.5) is 0 Å². The normalized spacial score (nSPS) is 14.6. The standard InChI is InChI=1S/C34H22N4.C17H11BrN2.C13H10.C12H24B2O4.C9H10O2.C5H3Br2N/c1-5-13-31-27(9-1)28-10-2-6-14-32(28)37(31)25-17-23(19-35-21-25)24-18-26(22-36-20-24)38-33-15-7-3-11-29(33)30-12-4-8-16-34(30)38;18-12-9-13(11-19-10-12)20-16-7-3-1-5-14(16)15-6-2-4-8-17(15)20;1-3-7-12-10(5-1)9-11-6-2-4-8-13(11)12;1-9(2)10(3,4)16-13(15-9)14-17-11(5,6)12(7,8)18-14;1-8(10)11-7-9-5-3-2-4-6-9;6-4-1-5(7)3-8-2-4/h1-22H;1-11H;1-8H,9H2;1-8H3;2-6H,7H2,1H3;1-3H. The van der Waals surface area contributed by atoms with E-state index in [4.69, 9.17) is 23.4 Å². The van der Waals surface area contributed by atoms with Gasteiger partial charge in [0.05, 0.1) is 91.2 Å². The maximum Gasteiger partial charge on any atom is 0.488 e. The number of carbonyl (C=O) groups excluding carboxylic acids is 1. The average Bonchev–Trinajstić information content (AvgIpc) is 1.62. The Hall–Kier alpha value is -10.1. The average molecular weight is 1620 g/mol. The van der Waals surface area contributed by atoms with Crippen LogP contribution in [-0.2, 0) is 41.2 Å². The Bertz CT molecular complexity index is 5480. The lowest BCUT2D eigenvalue weighted by molar-refractivity contribution is -0.142. The van der Waals surface area contributed by atoms with E-state index in [1.807, 2.05) is 123 Å². The number of benzene rings is 9. The fraction of sp³-hybridized carbons (Fsp3) is 0.167. The predicted octanol–water partition coefficient (Wildman–Crippen LogP) is 23.1. The molecule has 9 aromatic carbocycles. The van der Waals surface area contributed by atoms with Gasteiger partial charge in [-0.2, -0.15) is 0 Å². The van der Waals surface area contributed by atoms with Gasteiger partial charge in [0.1, 0.15) is 6.61 Å². The number of hydrogen-bond donors (Lipinski definition) is 0. The number of rotatable bonds is 7. The van der Waals surface area contributed by atoms with E-state index in [0.29, 0.717) is 6.61 Å². The number of hydrogen-bond acceptors (Lipinski definition) is 10. The first-order valence-corrected chi connectivity index (χ1v) is 38.3. The Morgan fingerprint density at radius 3 is 0.954 bits per heavy atom. The Labute approximate surface area is 655 Å². The highest BCUT2D eigenvalue weighted by Gasteiger charge is 2.63. The van der Waals surface area contributed by atoms with Crippen LogP contribution in [0.1, 0.15) is 79.0 Å². The summed E-state index contributed by atoms with van der Waals surface area (Å²) in [5.74, 6) is -0.242. The lowest BCUT2D eigenvalue weighted by Gasteiger charge is -2.32. The molecule has 7 aromatic heterocycles. The second-order valence-electron chi connectivity index (χ2n) is 28.7. The van der Waals surface area contributed by atoms with Gasteiger partial charge in [0, 0.05) is 94.8 Å². The summed E-state index contributed by atoms with van der Waals surface area (Å²) in [4.78, 5) is 27.9. The summed E-state index contributed by atoms with van der Waals surface area (Å²) in [7, 11) is -0.952. The van der Waals surface area contributed by atoms with E-state index in [9.17, 15) is 4.79 Å². The van der Waals surface area contributed by atoms with Gasteiger partial charge in [-0.15, -0.1) is 0 Å². The molecule has 2 fully saturated rings. The van der Waals surface area contributed by atoms with Crippen LogP contribution in [-0.4, -0.2) is 76.0 Å². The fourth-order valence-corrected chi connectivity index (χ4v) is 15.2. The highest BCUT2D eigenvalue weighted by Crippen LogP contribution is 2.44. The third-order valence-electron chi connectivity index (χ3n) is 20.4. The molecule has 0 unspecified atom stereocenters. The van der Waals surface area contributed by atoms with Crippen LogP contribution >= 0.6 is 47.8 Å². The van der Waals surface area contributed by atoms with E-state index in [2.05, 4.69) is 294 Å². The molecule has 3 aliphatic rings. The molecular formula is C90H80B2Br3N7O6. The molecule has 108 heavy (non-hydrogen) atoms. The zero-order valence-electron chi connectivity index (χ0n) is 61.6. The molecule has 538 valence electrons. The Kier molecular flexibility index (Phi) is 22.1. The molecule has 19 rings (SSSR count). The van der Waals surface area contributed by atoms with Gasteiger partial charge < -0.3 is 37.1 Å². The first-order chi connectivity index (χ1) is 52.1. The summed E-state index contributed by atoms with van der Waals surface area (Å²) in [6, 6.07) is 86.5. The first-order valence-electron chi connectivity index (χ1n) is 35.9. The second kappa shape index (κ2) is 32.0. The fourth-order valence-electron chi connectivity index (χ4n) is 13.8. The van der Waals surface area contributed by atoms with Crippen LogP contribution in [0, 0.1) is 0 Å². The summed E-state index contributed by atoms with van der Waals surface area (Å²) in [5.41, 5.74) is 17.6. The minimum Gasteiger partial charge on any atom is -0.461 e. The van der Waals surface area contributed by atoms with E-state index in [-0.39, 0.29) is 28.4 Å². The van der Waals surface area contributed by atoms with E-state index >= 15 is 0 Å². The Morgan fingerprint density at radius 2 is 0.639 bits per heavy atom. The zero-order chi connectivity index (χ0) is 75.3. The molecule has 2 aliphatic heterocycles. The molecule has 16 aromatic rings. The molecule has 9 heterocycles. The smallest absolute Gasteiger partial charge is 0.461 e. The largest absolute Gasteiger partial charge is 0.488 e. The van der Waals surface area contributed by atoms with Gasteiger partial charge in [-0.05, 0) is 198 Å². The van der Waals surface area contributed by atoms with E-state index < -0.39 is 14.0 Å². The highest BCUT2D eigenvalue weighted by atomic mass is 79.9. The van der Waals surface area contributed by atoms with Crippen molar-refractivity contribution in [3.05, 3.63) is 328 Å². The minimum atomic E-state index is -0.476. The van der Waals surface area contributed by atoms with Crippen LogP contribution in [0.15, 0.2) is 312 Å². The predicted molar refractivity (Wildman–Crippen MR) is 451 cm³/mol. The summed E-state index contributed by atoms with van der Waals surface area (Å²) in [5, 5.41) is 7.49. The number of carbonyl (C=O) groups is 1. The van der Waals surface area contributed by atoms with Crippen molar-refractivity contribution < 1.29 is 28.1 Å². The van der Waals surface area contributed by atoms with E-state index in [1.165, 1.54) is 94.6 Å². The van der Waals surface area contributed by atoms with Crippen molar-refractivity contribution in [2.75, 3.05) is 0 Å². The number of pyridine rings is 4. The van der Waals surface area contributed by atoms with Gasteiger partial charge in [-0.25, -0.2) is 0 Å². The lowest BCUT2D eigenvalue weighted by Crippen LogP contribution is -2.41. The Balaban J connectivity index is 0.000000118. The molecule has 0 saturated carbocycles. The maximum absolute atomic E-state index is 10.4. The van der Waals surface area contributed by atoms with Crippen LogP contribution in [0.3, 0.4) is 0 Å².